The Bertz CT molecular complexity index is 770. The van der Waals surface area contributed by atoms with Crippen molar-refractivity contribution in [3.63, 3.8) is 0 Å². The van der Waals surface area contributed by atoms with E-state index < -0.39 is 0 Å². The molecule has 108 valence electrons. The molecule has 0 saturated heterocycles. The third kappa shape index (κ3) is 2.20. The number of nitrogens with one attached hydrogen (secondary N) is 2. The number of H-pyrrole nitrogens is 1. The van der Waals surface area contributed by atoms with Crippen LogP contribution in [0.25, 0.3) is 10.9 Å². The second kappa shape index (κ2) is 4.65. The first-order valence-corrected chi connectivity index (χ1v) is 7.34. The quantitative estimate of drug-likeness (QED) is 0.883. The van der Waals surface area contributed by atoms with Crippen LogP contribution in [0.3, 0.4) is 0 Å². The SMILES string of the molecule is O=C(NCC1CCC2CC12)c1cc2c(=O)[nH]cnc2cn1. The van der Waals surface area contributed by atoms with E-state index in [0.717, 1.165) is 11.8 Å². The summed E-state index contributed by atoms with van der Waals surface area (Å²) in [5.41, 5.74) is 0.506. The minimum absolute atomic E-state index is 0.218. The zero-order valence-corrected chi connectivity index (χ0v) is 11.5. The van der Waals surface area contributed by atoms with Crippen molar-refractivity contribution in [1.82, 2.24) is 20.3 Å². The molecule has 0 bridgehead atoms. The fraction of sp³-hybridized carbons (Fsp3) is 0.467. The highest BCUT2D eigenvalue weighted by atomic mass is 16.2. The minimum atomic E-state index is -0.256. The van der Waals surface area contributed by atoms with E-state index in [4.69, 9.17) is 0 Å². The van der Waals surface area contributed by atoms with Gasteiger partial charge in [-0.25, -0.2) is 9.97 Å². The summed E-state index contributed by atoms with van der Waals surface area (Å²) < 4.78 is 0. The van der Waals surface area contributed by atoms with E-state index >= 15 is 0 Å². The highest BCUT2D eigenvalue weighted by molar-refractivity contribution is 5.95. The second-order valence-corrected chi connectivity index (χ2v) is 6.03. The summed E-state index contributed by atoms with van der Waals surface area (Å²) in [7, 11) is 0. The lowest BCUT2D eigenvalue weighted by Gasteiger charge is -2.12. The first kappa shape index (κ1) is 12.5. The lowest BCUT2D eigenvalue weighted by atomic mass is 10.0. The number of carbonyl (C=O) groups is 1. The van der Waals surface area contributed by atoms with Gasteiger partial charge in [-0.15, -0.1) is 0 Å². The molecule has 6 nitrogen and oxygen atoms in total. The van der Waals surface area contributed by atoms with Crippen LogP contribution >= 0.6 is 0 Å². The van der Waals surface area contributed by atoms with Gasteiger partial charge in [0.05, 0.1) is 23.4 Å². The summed E-state index contributed by atoms with van der Waals surface area (Å²) in [4.78, 5) is 34.5. The van der Waals surface area contributed by atoms with Gasteiger partial charge in [0.1, 0.15) is 5.69 Å². The topological polar surface area (TPSA) is 87.7 Å². The molecule has 0 aliphatic heterocycles. The number of nitrogens with zero attached hydrogens (tertiary/aromatic N) is 2. The van der Waals surface area contributed by atoms with E-state index in [1.165, 1.54) is 37.9 Å². The van der Waals surface area contributed by atoms with E-state index in [0.29, 0.717) is 23.4 Å². The van der Waals surface area contributed by atoms with Crippen molar-refractivity contribution in [3.8, 4) is 0 Å². The maximum absolute atomic E-state index is 12.2. The molecule has 2 N–H and O–H groups in total. The van der Waals surface area contributed by atoms with Gasteiger partial charge in [0.2, 0.25) is 0 Å². The zero-order chi connectivity index (χ0) is 14.4. The Morgan fingerprint density at radius 1 is 1.38 bits per heavy atom. The van der Waals surface area contributed by atoms with Gasteiger partial charge in [-0.1, -0.05) is 0 Å². The van der Waals surface area contributed by atoms with Gasteiger partial charge >= 0.3 is 0 Å². The molecule has 2 fully saturated rings. The standard InChI is InChI=1S/C15H16N4O2/c20-14-11-4-12(16-6-13(11)18-7-19-14)15(21)17-5-9-2-1-8-3-10(8)9/h4,6-10H,1-3,5H2,(H,17,21)(H,18,19,20). The van der Waals surface area contributed by atoms with E-state index in [1.54, 1.807) is 0 Å². The van der Waals surface area contributed by atoms with Gasteiger partial charge in [0.25, 0.3) is 11.5 Å². The summed E-state index contributed by atoms with van der Waals surface area (Å²) >= 11 is 0. The Balaban J connectivity index is 1.51. The normalized spacial score (nSPS) is 26.6. The summed E-state index contributed by atoms with van der Waals surface area (Å²) in [5.74, 6) is 2.13. The molecule has 3 unspecified atom stereocenters. The zero-order valence-electron chi connectivity index (χ0n) is 11.5. The fourth-order valence-corrected chi connectivity index (χ4v) is 3.49. The molecule has 3 atom stereocenters. The summed E-state index contributed by atoms with van der Waals surface area (Å²) in [6.07, 6.45) is 6.64. The van der Waals surface area contributed by atoms with Gasteiger partial charge in [-0.05, 0) is 43.1 Å². The molecule has 1 amide bonds. The van der Waals surface area contributed by atoms with Crippen LogP contribution in [0.2, 0.25) is 0 Å². The highest BCUT2D eigenvalue weighted by Crippen LogP contribution is 2.54. The number of amides is 1. The van der Waals surface area contributed by atoms with E-state index in [-0.39, 0.29) is 17.2 Å². The van der Waals surface area contributed by atoms with Crippen LogP contribution in [0.1, 0.15) is 29.8 Å². The van der Waals surface area contributed by atoms with Crippen molar-refractivity contribution in [2.45, 2.75) is 19.3 Å². The Morgan fingerprint density at radius 2 is 2.29 bits per heavy atom. The molecule has 2 heterocycles. The predicted molar refractivity (Wildman–Crippen MR) is 76.8 cm³/mol. The number of hydrogen-bond donors (Lipinski definition) is 2. The molecule has 2 aliphatic carbocycles. The van der Waals surface area contributed by atoms with E-state index in [9.17, 15) is 9.59 Å². The Kier molecular flexibility index (Phi) is 2.77. The Labute approximate surface area is 121 Å². The summed E-state index contributed by atoms with van der Waals surface area (Å²) in [6.45, 7) is 0.711. The Hall–Kier alpha value is -2.24. The van der Waals surface area contributed by atoms with Crippen LogP contribution < -0.4 is 10.9 Å². The molecule has 2 saturated carbocycles. The monoisotopic (exact) mass is 284 g/mol. The van der Waals surface area contributed by atoms with Crippen molar-refractivity contribution in [2.24, 2.45) is 17.8 Å². The van der Waals surface area contributed by atoms with Crippen molar-refractivity contribution in [1.29, 1.82) is 0 Å². The van der Waals surface area contributed by atoms with Crippen molar-refractivity contribution < 1.29 is 4.79 Å². The smallest absolute Gasteiger partial charge is 0.269 e. The van der Waals surface area contributed by atoms with Crippen molar-refractivity contribution in [2.75, 3.05) is 6.54 Å². The lowest BCUT2D eigenvalue weighted by Crippen LogP contribution is -2.30. The largest absolute Gasteiger partial charge is 0.350 e. The number of carbonyl (C=O) groups excluding carboxylic acids is 1. The van der Waals surface area contributed by atoms with E-state index in [1.807, 2.05) is 0 Å². The molecule has 21 heavy (non-hydrogen) atoms. The van der Waals surface area contributed by atoms with Crippen LogP contribution in [0.15, 0.2) is 23.4 Å². The molecule has 2 aromatic rings. The first-order valence-electron chi connectivity index (χ1n) is 7.34. The third-order valence-corrected chi connectivity index (χ3v) is 4.78. The average molecular weight is 284 g/mol. The number of rotatable bonds is 3. The van der Waals surface area contributed by atoms with Gasteiger partial charge < -0.3 is 10.3 Å². The molecule has 2 aliphatic rings. The maximum atomic E-state index is 12.2. The van der Waals surface area contributed by atoms with Crippen LogP contribution in [0.5, 0.6) is 0 Å². The first-order chi connectivity index (χ1) is 10.2. The van der Waals surface area contributed by atoms with Crippen LogP contribution in [-0.4, -0.2) is 27.4 Å². The average Bonchev–Trinajstić information content (AvgIpc) is 3.18. The molecule has 0 spiro atoms. The van der Waals surface area contributed by atoms with Crippen LogP contribution in [0, 0.1) is 17.8 Å². The lowest BCUT2D eigenvalue weighted by molar-refractivity contribution is 0.0941. The van der Waals surface area contributed by atoms with Gasteiger partial charge in [0, 0.05) is 6.54 Å². The molecule has 6 heteroatoms. The number of fused-ring (bicyclic) bond motifs is 2. The van der Waals surface area contributed by atoms with E-state index in [2.05, 4.69) is 20.3 Å². The highest BCUT2D eigenvalue weighted by Gasteiger charge is 2.47. The van der Waals surface area contributed by atoms with Gasteiger partial charge in [-0.3, -0.25) is 9.59 Å². The van der Waals surface area contributed by atoms with Gasteiger partial charge in [-0.2, -0.15) is 0 Å². The maximum Gasteiger partial charge on any atom is 0.269 e. The van der Waals surface area contributed by atoms with Crippen molar-refractivity contribution in [3.05, 3.63) is 34.6 Å². The number of pyridine rings is 1. The summed E-state index contributed by atoms with van der Waals surface area (Å²) in [5, 5.41) is 3.34. The molecular weight excluding hydrogens is 268 g/mol. The predicted octanol–water partition coefficient (Wildman–Crippen LogP) is 1.09. The van der Waals surface area contributed by atoms with Crippen LogP contribution in [0.4, 0.5) is 0 Å². The molecule has 4 rings (SSSR count). The molecule has 0 radical (unpaired) electrons. The minimum Gasteiger partial charge on any atom is -0.350 e. The Morgan fingerprint density at radius 3 is 3.05 bits per heavy atom. The summed E-state index contributed by atoms with van der Waals surface area (Å²) in [6, 6.07) is 1.51. The molecule has 0 aromatic carbocycles. The second-order valence-electron chi connectivity index (χ2n) is 6.03. The third-order valence-electron chi connectivity index (χ3n) is 4.78. The molecular formula is C15H16N4O2. The van der Waals surface area contributed by atoms with Gasteiger partial charge in [0.15, 0.2) is 0 Å². The van der Waals surface area contributed by atoms with Crippen molar-refractivity contribution >= 4 is 16.8 Å². The number of aromatic amines is 1. The number of aromatic nitrogens is 3. The molecule has 2 aromatic heterocycles. The van der Waals surface area contributed by atoms with Crippen LogP contribution in [-0.2, 0) is 0 Å². The fourth-order valence-electron chi connectivity index (χ4n) is 3.49. The number of hydrogen-bond acceptors (Lipinski definition) is 4.